The molecule has 5 heteroatoms. The standard InChI is InChI=1S/C16H11ClF2O2/c17-13-7-4-11(5-8-13)6-9-15(20)12-2-1-3-14(10-12)21-16(18)19/h1-10,16H/b9-6+. The number of allylic oxidation sites excluding steroid dienone is 1. The second-order valence-corrected chi connectivity index (χ2v) is 4.59. The van der Waals surface area contributed by atoms with Crippen LogP contribution in [-0.4, -0.2) is 12.4 Å². The van der Waals surface area contributed by atoms with Crippen LogP contribution in [0.15, 0.2) is 54.6 Å². The maximum atomic E-state index is 12.1. The molecule has 108 valence electrons. The fraction of sp³-hybridized carbons (Fsp3) is 0.0625. The van der Waals surface area contributed by atoms with Crippen molar-refractivity contribution in [3.05, 3.63) is 70.8 Å². The van der Waals surface area contributed by atoms with Gasteiger partial charge in [0.2, 0.25) is 0 Å². The molecule has 0 aromatic heterocycles. The average Bonchev–Trinajstić information content (AvgIpc) is 2.46. The second kappa shape index (κ2) is 6.99. The number of benzene rings is 2. The molecule has 0 spiro atoms. The Kier molecular flexibility index (Phi) is 5.06. The largest absolute Gasteiger partial charge is 0.435 e. The average molecular weight is 309 g/mol. The first kappa shape index (κ1) is 15.2. The van der Waals surface area contributed by atoms with Crippen LogP contribution in [0.25, 0.3) is 6.08 Å². The number of hydrogen-bond donors (Lipinski definition) is 0. The lowest BCUT2D eigenvalue weighted by Gasteiger charge is -2.04. The van der Waals surface area contributed by atoms with Gasteiger partial charge in [0.05, 0.1) is 0 Å². The summed E-state index contributed by atoms with van der Waals surface area (Å²) in [6.07, 6.45) is 2.99. The molecule has 0 aliphatic rings. The van der Waals surface area contributed by atoms with Crippen molar-refractivity contribution in [3.8, 4) is 5.75 Å². The van der Waals surface area contributed by atoms with Crippen LogP contribution >= 0.6 is 11.6 Å². The smallest absolute Gasteiger partial charge is 0.387 e. The van der Waals surface area contributed by atoms with E-state index in [0.29, 0.717) is 5.02 Å². The maximum Gasteiger partial charge on any atom is 0.387 e. The number of ether oxygens (including phenoxy) is 1. The fourth-order valence-electron chi connectivity index (χ4n) is 1.67. The van der Waals surface area contributed by atoms with Gasteiger partial charge in [-0.05, 0) is 35.9 Å². The van der Waals surface area contributed by atoms with Crippen molar-refractivity contribution in [2.24, 2.45) is 0 Å². The number of carbonyl (C=O) groups is 1. The van der Waals surface area contributed by atoms with Crippen LogP contribution in [0.2, 0.25) is 5.02 Å². The molecule has 2 rings (SSSR count). The van der Waals surface area contributed by atoms with E-state index < -0.39 is 6.61 Å². The SMILES string of the molecule is O=C(/C=C/c1ccc(Cl)cc1)c1cccc(OC(F)F)c1. The van der Waals surface area contributed by atoms with Gasteiger partial charge >= 0.3 is 6.61 Å². The van der Waals surface area contributed by atoms with Crippen molar-refractivity contribution in [1.29, 1.82) is 0 Å². The Bertz CT molecular complexity index is 652. The molecule has 0 saturated heterocycles. The molecule has 2 aromatic rings. The summed E-state index contributed by atoms with van der Waals surface area (Å²) in [5, 5.41) is 0.607. The number of alkyl halides is 2. The van der Waals surface area contributed by atoms with E-state index in [-0.39, 0.29) is 17.1 Å². The van der Waals surface area contributed by atoms with Gasteiger partial charge in [-0.25, -0.2) is 0 Å². The van der Waals surface area contributed by atoms with Crippen LogP contribution in [0.5, 0.6) is 5.75 Å². The van der Waals surface area contributed by atoms with E-state index in [1.165, 1.54) is 30.3 Å². The van der Waals surface area contributed by atoms with Crippen molar-refractivity contribution in [2.75, 3.05) is 0 Å². The molecular formula is C16H11ClF2O2. The Morgan fingerprint density at radius 1 is 1.14 bits per heavy atom. The van der Waals surface area contributed by atoms with Crippen molar-refractivity contribution in [2.45, 2.75) is 6.61 Å². The predicted octanol–water partition coefficient (Wildman–Crippen LogP) is 4.84. The fourth-order valence-corrected chi connectivity index (χ4v) is 1.79. The minimum atomic E-state index is -2.92. The monoisotopic (exact) mass is 308 g/mol. The van der Waals surface area contributed by atoms with Gasteiger partial charge in [-0.1, -0.05) is 41.9 Å². The number of ketones is 1. The van der Waals surface area contributed by atoms with E-state index in [9.17, 15) is 13.6 Å². The molecule has 0 aliphatic carbocycles. The first-order chi connectivity index (χ1) is 10.0. The lowest BCUT2D eigenvalue weighted by atomic mass is 10.1. The zero-order valence-corrected chi connectivity index (χ0v) is 11.6. The zero-order valence-electron chi connectivity index (χ0n) is 10.8. The summed E-state index contributed by atoms with van der Waals surface area (Å²) in [5.74, 6) is -0.347. The van der Waals surface area contributed by atoms with Gasteiger partial charge < -0.3 is 4.74 Å². The summed E-state index contributed by atoms with van der Waals surface area (Å²) in [7, 11) is 0. The zero-order chi connectivity index (χ0) is 15.2. The molecule has 2 nitrogen and oxygen atoms in total. The van der Waals surface area contributed by atoms with Gasteiger partial charge in [-0.2, -0.15) is 8.78 Å². The normalized spacial score (nSPS) is 11.0. The van der Waals surface area contributed by atoms with Gasteiger partial charge in [-0.3, -0.25) is 4.79 Å². The lowest BCUT2D eigenvalue weighted by Crippen LogP contribution is -2.03. The molecule has 0 unspecified atom stereocenters. The Hall–Kier alpha value is -2.20. The number of carbonyl (C=O) groups excluding carboxylic acids is 1. The second-order valence-electron chi connectivity index (χ2n) is 4.16. The molecular weight excluding hydrogens is 298 g/mol. The molecule has 0 saturated carbocycles. The molecule has 0 heterocycles. The van der Waals surface area contributed by atoms with Gasteiger partial charge in [0.25, 0.3) is 0 Å². The molecule has 0 fully saturated rings. The van der Waals surface area contributed by atoms with Crippen LogP contribution in [0.3, 0.4) is 0 Å². The summed E-state index contributed by atoms with van der Waals surface area (Å²) in [6, 6.07) is 12.6. The van der Waals surface area contributed by atoms with Crippen LogP contribution in [-0.2, 0) is 0 Å². The lowest BCUT2D eigenvalue weighted by molar-refractivity contribution is -0.0498. The minimum Gasteiger partial charge on any atom is -0.435 e. The molecule has 0 aliphatic heterocycles. The molecule has 0 amide bonds. The van der Waals surface area contributed by atoms with Crippen LogP contribution < -0.4 is 4.74 Å². The Labute approximate surface area is 125 Å². The Balaban J connectivity index is 2.11. The third-order valence-corrected chi connectivity index (χ3v) is 2.89. The molecule has 0 N–H and O–H groups in total. The highest BCUT2D eigenvalue weighted by molar-refractivity contribution is 6.30. The van der Waals surface area contributed by atoms with Crippen molar-refractivity contribution < 1.29 is 18.3 Å². The van der Waals surface area contributed by atoms with Crippen LogP contribution in [0, 0.1) is 0 Å². The quantitative estimate of drug-likeness (QED) is 0.583. The Morgan fingerprint density at radius 3 is 2.52 bits per heavy atom. The number of rotatable bonds is 5. The summed E-state index contributed by atoms with van der Waals surface area (Å²) < 4.78 is 28.5. The topological polar surface area (TPSA) is 26.3 Å². The molecule has 0 radical (unpaired) electrons. The summed E-state index contributed by atoms with van der Waals surface area (Å²) in [5.41, 5.74) is 1.09. The van der Waals surface area contributed by atoms with Crippen molar-refractivity contribution >= 4 is 23.5 Å². The van der Waals surface area contributed by atoms with Gasteiger partial charge in [0, 0.05) is 10.6 Å². The predicted molar refractivity (Wildman–Crippen MR) is 77.9 cm³/mol. The summed E-state index contributed by atoms with van der Waals surface area (Å²) >= 11 is 5.76. The first-order valence-electron chi connectivity index (χ1n) is 6.07. The van der Waals surface area contributed by atoms with E-state index >= 15 is 0 Å². The molecule has 0 bridgehead atoms. The van der Waals surface area contributed by atoms with E-state index in [1.807, 2.05) is 0 Å². The summed E-state index contributed by atoms with van der Waals surface area (Å²) in [6.45, 7) is -2.92. The van der Waals surface area contributed by atoms with Gasteiger partial charge in [0.15, 0.2) is 5.78 Å². The third-order valence-electron chi connectivity index (χ3n) is 2.64. The number of hydrogen-bond acceptors (Lipinski definition) is 2. The highest BCUT2D eigenvalue weighted by Gasteiger charge is 2.07. The molecule has 21 heavy (non-hydrogen) atoms. The van der Waals surface area contributed by atoms with Crippen molar-refractivity contribution in [3.63, 3.8) is 0 Å². The van der Waals surface area contributed by atoms with E-state index in [1.54, 1.807) is 30.3 Å². The van der Waals surface area contributed by atoms with Crippen LogP contribution in [0.1, 0.15) is 15.9 Å². The van der Waals surface area contributed by atoms with Gasteiger partial charge in [0.1, 0.15) is 5.75 Å². The summed E-state index contributed by atoms with van der Waals surface area (Å²) in [4.78, 5) is 12.0. The van der Waals surface area contributed by atoms with Crippen LogP contribution in [0.4, 0.5) is 8.78 Å². The first-order valence-corrected chi connectivity index (χ1v) is 6.45. The maximum absolute atomic E-state index is 12.1. The minimum absolute atomic E-state index is 0.0456. The third kappa shape index (κ3) is 4.68. The Morgan fingerprint density at radius 2 is 1.86 bits per heavy atom. The number of halogens is 3. The highest BCUT2D eigenvalue weighted by atomic mass is 35.5. The van der Waals surface area contributed by atoms with E-state index in [0.717, 1.165) is 5.56 Å². The van der Waals surface area contributed by atoms with E-state index in [2.05, 4.69) is 4.74 Å². The molecule has 2 aromatic carbocycles. The van der Waals surface area contributed by atoms with Gasteiger partial charge in [-0.15, -0.1) is 0 Å². The molecule has 0 atom stereocenters. The van der Waals surface area contributed by atoms with E-state index in [4.69, 9.17) is 11.6 Å². The van der Waals surface area contributed by atoms with Crippen molar-refractivity contribution in [1.82, 2.24) is 0 Å². The highest BCUT2D eigenvalue weighted by Crippen LogP contribution is 2.17.